The Labute approximate surface area is 118 Å². The lowest BCUT2D eigenvalue weighted by molar-refractivity contribution is 0.399. The molecule has 1 N–H and O–H groups in total. The second-order valence-corrected chi connectivity index (χ2v) is 4.77. The molecule has 0 amide bonds. The molecule has 2 aromatic rings. The van der Waals surface area contributed by atoms with E-state index in [1.54, 1.807) is 19.6 Å². The molecule has 1 atom stereocenters. The minimum atomic E-state index is 0.149. The van der Waals surface area contributed by atoms with Crippen LogP contribution in [0.1, 0.15) is 24.1 Å². The third kappa shape index (κ3) is 3.52. The maximum atomic E-state index is 6.10. The number of furan rings is 1. The van der Waals surface area contributed by atoms with Gasteiger partial charge in [-0.15, -0.1) is 0 Å². The van der Waals surface area contributed by atoms with Crippen molar-refractivity contribution in [3.05, 3.63) is 52.9 Å². The first-order valence-electron chi connectivity index (χ1n) is 6.32. The molecule has 3 nitrogen and oxygen atoms in total. The van der Waals surface area contributed by atoms with E-state index >= 15 is 0 Å². The van der Waals surface area contributed by atoms with E-state index in [2.05, 4.69) is 12.2 Å². The van der Waals surface area contributed by atoms with Crippen LogP contribution in [0.2, 0.25) is 5.02 Å². The van der Waals surface area contributed by atoms with Crippen LogP contribution in [0.15, 0.2) is 41.2 Å². The van der Waals surface area contributed by atoms with Gasteiger partial charge in [0.25, 0.3) is 0 Å². The molecule has 0 bridgehead atoms. The molecular weight excluding hydrogens is 262 g/mol. The van der Waals surface area contributed by atoms with Crippen molar-refractivity contribution in [1.82, 2.24) is 5.32 Å². The summed E-state index contributed by atoms with van der Waals surface area (Å²) in [4.78, 5) is 0. The van der Waals surface area contributed by atoms with Crippen LogP contribution in [-0.2, 0) is 6.42 Å². The lowest BCUT2D eigenvalue weighted by Crippen LogP contribution is -2.23. The maximum Gasteiger partial charge on any atom is 0.123 e. The minimum Gasteiger partial charge on any atom is -0.496 e. The van der Waals surface area contributed by atoms with Crippen LogP contribution in [0, 0.1) is 0 Å². The van der Waals surface area contributed by atoms with Crippen LogP contribution in [0.5, 0.6) is 5.75 Å². The molecular formula is C15H18ClNO2. The average molecular weight is 280 g/mol. The van der Waals surface area contributed by atoms with Crippen LogP contribution in [0.3, 0.4) is 0 Å². The molecule has 1 aromatic carbocycles. The van der Waals surface area contributed by atoms with E-state index in [4.69, 9.17) is 20.8 Å². The van der Waals surface area contributed by atoms with Gasteiger partial charge in [-0.05, 0) is 42.8 Å². The number of nitrogens with one attached hydrogen (secondary N) is 1. The van der Waals surface area contributed by atoms with Crippen LogP contribution in [-0.4, -0.2) is 13.7 Å². The Morgan fingerprint density at radius 1 is 1.37 bits per heavy atom. The van der Waals surface area contributed by atoms with Gasteiger partial charge in [0.2, 0.25) is 0 Å². The Morgan fingerprint density at radius 2 is 2.21 bits per heavy atom. The second kappa shape index (κ2) is 6.64. The molecule has 1 heterocycles. The summed E-state index contributed by atoms with van der Waals surface area (Å²) in [5.41, 5.74) is 2.21. The van der Waals surface area contributed by atoms with Crippen molar-refractivity contribution in [2.45, 2.75) is 19.4 Å². The van der Waals surface area contributed by atoms with Gasteiger partial charge < -0.3 is 14.5 Å². The van der Waals surface area contributed by atoms with E-state index in [0.717, 1.165) is 29.8 Å². The van der Waals surface area contributed by atoms with E-state index in [-0.39, 0.29) is 6.04 Å². The molecule has 0 saturated heterocycles. The Morgan fingerprint density at radius 3 is 2.84 bits per heavy atom. The second-order valence-electron chi connectivity index (χ2n) is 4.33. The highest BCUT2D eigenvalue weighted by molar-refractivity contribution is 6.30. The van der Waals surface area contributed by atoms with Gasteiger partial charge in [0.05, 0.1) is 19.6 Å². The number of rotatable bonds is 6. The summed E-state index contributed by atoms with van der Waals surface area (Å²) in [6.45, 7) is 2.96. The number of hydrogen-bond acceptors (Lipinski definition) is 3. The van der Waals surface area contributed by atoms with Crippen molar-refractivity contribution in [2.24, 2.45) is 0 Å². The summed E-state index contributed by atoms with van der Waals surface area (Å²) in [7, 11) is 1.67. The Kier molecular flexibility index (Phi) is 4.88. The lowest BCUT2D eigenvalue weighted by atomic mass is 9.99. The summed E-state index contributed by atoms with van der Waals surface area (Å²) in [5, 5.41) is 4.17. The smallest absolute Gasteiger partial charge is 0.123 e. The highest BCUT2D eigenvalue weighted by Gasteiger charge is 2.17. The van der Waals surface area contributed by atoms with Crippen molar-refractivity contribution in [3.63, 3.8) is 0 Å². The minimum absolute atomic E-state index is 0.149. The zero-order valence-electron chi connectivity index (χ0n) is 11.2. The quantitative estimate of drug-likeness (QED) is 0.872. The summed E-state index contributed by atoms with van der Waals surface area (Å²) >= 11 is 6.10. The standard InChI is InChI=1S/C15H18ClNO2/c1-3-17-14(8-11-6-7-19-10-11)13-9-12(16)4-5-15(13)18-2/h4-7,9-10,14,17H,3,8H2,1-2H3. The van der Waals surface area contributed by atoms with E-state index < -0.39 is 0 Å². The monoisotopic (exact) mass is 279 g/mol. The fraction of sp³-hybridized carbons (Fsp3) is 0.333. The van der Waals surface area contributed by atoms with Crippen LogP contribution < -0.4 is 10.1 Å². The van der Waals surface area contributed by atoms with Crippen LogP contribution in [0.25, 0.3) is 0 Å². The lowest BCUT2D eigenvalue weighted by Gasteiger charge is -2.20. The van der Waals surface area contributed by atoms with Crippen molar-refractivity contribution in [1.29, 1.82) is 0 Å². The Balaban J connectivity index is 2.29. The number of halogens is 1. The zero-order valence-corrected chi connectivity index (χ0v) is 11.9. The average Bonchev–Trinajstić information content (AvgIpc) is 2.91. The molecule has 0 radical (unpaired) electrons. The van der Waals surface area contributed by atoms with Crippen molar-refractivity contribution < 1.29 is 9.15 Å². The molecule has 0 saturated carbocycles. The van der Waals surface area contributed by atoms with Crippen molar-refractivity contribution in [3.8, 4) is 5.75 Å². The number of ether oxygens (including phenoxy) is 1. The van der Waals surface area contributed by atoms with Crippen LogP contribution in [0.4, 0.5) is 0 Å². The molecule has 1 unspecified atom stereocenters. The highest BCUT2D eigenvalue weighted by atomic mass is 35.5. The molecule has 1 aromatic heterocycles. The van der Waals surface area contributed by atoms with E-state index in [9.17, 15) is 0 Å². The molecule has 19 heavy (non-hydrogen) atoms. The summed E-state index contributed by atoms with van der Waals surface area (Å²) in [6.07, 6.45) is 4.29. The fourth-order valence-electron chi connectivity index (χ4n) is 2.16. The number of benzene rings is 1. The largest absolute Gasteiger partial charge is 0.496 e. The van der Waals surface area contributed by atoms with Gasteiger partial charge in [0, 0.05) is 16.6 Å². The molecule has 102 valence electrons. The van der Waals surface area contributed by atoms with Crippen LogP contribution >= 0.6 is 11.6 Å². The first kappa shape index (κ1) is 14.0. The number of likely N-dealkylation sites (N-methyl/N-ethyl adjacent to an activating group) is 1. The third-order valence-corrected chi connectivity index (χ3v) is 3.27. The molecule has 4 heteroatoms. The third-order valence-electron chi connectivity index (χ3n) is 3.04. The Hall–Kier alpha value is -1.45. The van der Waals surface area contributed by atoms with E-state index in [1.165, 1.54) is 0 Å². The van der Waals surface area contributed by atoms with E-state index in [0.29, 0.717) is 5.02 Å². The SMILES string of the molecule is CCNC(Cc1ccoc1)c1cc(Cl)ccc1OC. The predicted molar refractivity (Wildman–Crippen MR) is 76.8 cm³/mol. The molecule has 0 aliphatic rings. The van der Waals surface area contributed by atoms with Gasteiger partial charge in [-0.1, -0.05) is 18.5 Å². The van der Waals surface area contributed by atoms with Crippen molar-refractivity contribution >= 4 is 11.6 Å². The summed E-state index contributed by atoms with van der Waals surface area (Å²) in [6, 6.07) is 7.81. The highest BCUT2D eigenvalue weighted by Crippen LogP contribution is 2.30. The summed E-state index contributed by atoms with van der Waals surface area (Å²) in [5.74, 6) is 0.846. The first-order chi connectivity index (χ1) is 9.24. The molecule has 2 rings (SSSR count). The zero-order chi connectivity index (χ0) is 13.7. The Bertz CT molecular complexity index is 511. The van der Waals surface area contributed by atoms with E-state index in [1.807, 2.05) is 24.3 Å². The molecule has 0 aliphatic carbocycles. The fourth-order valence-corrected chi connectivity index (χ4v) is 2.34. The number of methoxy groups -OCH3 is 1. The molecule has 0 spiro atoms. The molecule has 0 aliphatic heterocycles. The number of hydrogen-bond donors (Lipinski definition) is 1. The first-order valence-corrected chi connectivity index (χ1v) is 6.70. The van der Waals surface area contributed by atoms with Gasteiger partial charge in [0.1, 0.15) is 5.75 Å². The normalized spacial score (nSPS) is 12.4. The van der Waals surface area contributed by atoms with Gasteiger partial charge in [-0.25, -0.2) is 0 Å². The van der Waals surface area contributed by atoms with Gasteiger partial charge in [-0.2, -0.15) is 0 Å². The summed E-state index contributed by atoms with van der Waals surface area (Å²) < 4.78 is 10.5. The topological polar surface area (TPSA) is 34.4 Å². The van der Waals surface area contributed by atoms with Gasteiger partial charge in [0.15, 0.2) is 0 Å². The molecule has 0 fully saturated rings. The van der Waals surface area contributed by atoms with Crippen molar-refractivity contribution in [2.75, 3.05) is 13.7 Å². The van der Waals surface area contributed by atoms with Gasteiger partial charge in [-0.3, -0.25) is 0 Å². The maximum absolute atomic E-state index is 6.10. The van der Waals surface area contributed by atoms with Gasteiger partial charge >= 0.3 is 0 Å². The predicted octanol–water partition coefficient (Wildman–Crippen LogP) is 3.83.